The smallest absolute Gasteiger partial charge is 0.242 e. The minimum atomic E-state index is -3.94. The Labute approximate surface area is 152 Å². The van der Waals surface area contributed by atoms with E-state index in [0.29, 0.717) is 18.0 Å². The van der Waals surface area contributed by atoms with Crippen molar-refractivity contribution in [2.24, 2.45) is 0 Å². The number of carbonyl (C=O) groups excluding carboxylic acids is 1. The van der Waals surface area contributed by atoms with Gasteiger partial charge in [-0.2, -0.15) is 4.72 Å². The molecule has 26 heavy (non-hydrogen) atoms. The number of hydrogen-bond acceptors (Lipinski definition) is 4. The van der Waals surface area contributed by atoms with E-state index in [1.54, 1.807) is 31.2 Å². The van der Waals surface area contributed by atoms with Gasteiger partial charge < -0.3 is 10.1 Å². The van der Waals surface area contributed by atoms with E-state index in [1.165, 1.54) is 0 Å². The van der Waals surface area contributed by atoms with E-state index in [4.69, 9.17) is 4.74 Å². The molecule has 0 aromatic heterocycles. The monoisotopic (exact) mass is 380 g/mol. The van der Waals surface area contributed by atoms with Gasteiger partial charge in [-0.15, -0.1) is 0 Å². The molecule has 0 radical (unpaired) electrons. The Kier molecular flexibility index (Phi) is 6.70. The number of nitrogens with one attached hydrogen (secondary N) is 2. The topological polar surface area (TPSA) is 84.5 Å². The highest BCUT2D eigenvalue weighted by molar-refractivity contribution is 7.89. The Morgan fingerprint density at radius 1 is 1.08 bits per heavy atom. The van der Waals surface area contributed by atoms with E-state index in [9.17, 15) is 17.6 Å². The summed E-state index contributed by atoms with van der Waals surface area (Å²) in [6.45, 7) is 4.10. The highest BCUT2D eigenvalue weighted by Gasteiger charge is 2.24. The molecule has 0 fully saturated rings. The van der Waals surface area contributed by atoms with Crippen molar-refractivity contribution in [1.29, 1.82) is 0 Å². The molecule has 0 heterocycles. The van der Waals surface area contributed by atoms with Gasteiger partial charge in [0.25, 0.3) is 0 Å². The second-order valence-corrected chi connectivity index (χ2v) is 7.20. The maximum absolute atomic E-state index is 13.0. The quantitative estimate of drug-likeness (QED) is 0.737. The van der Waals surface area contributed by atoms with Gasteiger partial charge in [0.2, 0.25) is 15.9 Å². The summed E-state index contributed by atoms with van der Waals surface area (Å²) in [6.07, 6.45) is 0.253. The van der Waals surface area contributed by atoms with E-state index in [0.717, 1.165) is 24.3 Å². The van der Waals surface area contributed by atoms with E-state index in [2.05, 4.69) is 10.0 Å². The number of halogens is 1. The fourth-order valence-electron chi connectivity index (χ4n) is 2.22. The van der Waals surface area contributed by atoms with Crippen LogP contribution in [0.1, 0.15) is 20.3 Å². The van der Waals surface area contributed by atoms with Crippen molar-refractivity contribution >= 4 is 21.6 Å². The molecule has 2 N–H and O–H groups in total. The number of anilines is 1. The fourth-order valence-corrected chi connectivity index (χ4v) is 3.50. The lowest BCUT2D eigenvalue weighted by Gasteiger charge is -2.17. The zero-order chi connectivity index (χ0) is 19.2. The molecule has 0 saturated heterocycles. The van der Waals surface area contributed by atoms with Crippen LogP contribution in [-0.4, -0.2) is 27.0 Å². The van der Waals surface area contributed by atoms with E-state index < -0.39 is 27.8 Å². The third-order valence-electron chi connectivity index (χ3n) is 3.58. The normalized spacial score (nSPS) is 12.4. The highest BCUT2D eigenvalue weighted by atomic mass is 32.2. The molecule has 0 aliphatic rings. The number of benzene rings is 2. The summed E-state index contributed by atoms with van der Waals surface area (Å²) < 4.78 is 45.3. The molecule has 2 rings (SSSR count). The molecule has 1 atom stereocenters. The van der Waals surface area contributed by atoms with Crippen LogP contribution in [0, 0.1) is 5.82 Å². The first-order valence-corrected chi connectivity index (χ1v) is 9.65. The maximum atomic E-state index is 13.0. The molecular formula is C18H21FN2O4S. The Morgan fingerprint density at radius 3 is 2.23 bits per heavy atom. The first-order chi connectivity index (χ1) is 12.4. The summed E-state index contributed by atoms with van der Waals surface area (Å²) in [6, 6.07) is 10.2. The molecule has 0 aliphatic carbocycles. The van der Waals surface area contributed by atoms with Crippen molar-refractivity contribution in [3.63, 3.8) is 0 Å². The average molecular weight is 380 g/mol. The Balaban J connectivity index is 2.07. The standard InChI is InChI=1S/C18H21FN2O4S/c1-3-17(21-26(23,24)16-11-5-13(19)6-12-16)18(22)20-14-7-9-15(10-8-14)25-4-2/h5-12,17,21H,3-4H2,1-2H3,(H,20,22). The summed E-state index contributed by atoms with van der Waals surface area (Å²) in [7, 11) is -3.94. The van der Waals surface area contributed by atoms with E-state index >= 15 is 0 Å². The first-order valence-electron chi connectivity index (χ1n) is 8.17. The minimum absolute atomic E-state index is 0.105. The van der Waals surface area contributed by atoms with Crippen molar-refractivity contribution in [2.45, 2.75) is 31.2 Å². The molecule has 8 heteroatoms. The summed E-state index contributed by atoms with van der Waals surface area (Å²) in [5.41, 5.74) is 0.526. The zero-order valence-corrected chi connectivity index (χ0v) is 15.3. The Morgan fingerprint density at radius 2 is 1.69 bits per heavy atom. The predicted octanol–water partition coefficient (Wildman–Crippen LogP) is 2.92. The lowest BCUT2D eigenvalue weighted by atomic mass is 10.2. The average Bonchev–Trinajstić information content (AvgIpc) is 2.62. The van der Waals surface area contributed by atoms with Crippen LogP contribution >= 0.6 is 0 Å². The molecule has 0 saturated carbocycles. The molecule has 0 spiro atoms. The number of amides is 1. The van der Waals surface area contributed by atoms with E-state index in [-0.39, 0.29) is 11.3 Å². The first kappa shape index (κ1) is 19.9. The predicted molar refractivity (Wildman–Crippen MR) is 97.0 cm³/mol. The van der Waals surface area contributed by atoms with Gasteiger partial charge in [0.05, 0.1) is 11.5 Å². The summed E-state index contributed by atoms with van der Waals surface area (Å²) >= 11 is 0. The molecule has 0 bridgehead atoms. The van der Waals surface area contributed by atoms with Crippen LogP contribution in [0.4, 0.5) is 10.1 Å². The van der Waals surface area contributed by atoms with Gasteiger partial charge in [0.1, 0.15) is 17.6 Å². The molecule has 6 nitrogen and oxygen atoms in total. The van der Waals surface area contributed by atoms with Gasteiger partial charge in [-0.3, -0.25) is 4.79 Å². The number of hydrogen-bond donors (Lipinski definition) is 2. The van der Waals surface area contributed by atoms with Crippen molar-refractivity contribution in [2.75, 3.05) is 11.9 Å². The third-order valence-corrected chi connectivity index (χ3v) is 5.07. The van der Waals surface area contributed by atoms with Gasteiger partial charge in [-0.1, -0.05) is 6.92 Å². The summed E-state index contributed by atoms with van der Waals surface area (Å²) in [4.78, 5) is 12.3. The lowest BCUT2D eigenvalue weighted by molar-refractivity contribution is -0.117. The lowest BCUT2D eigenvalue weighted by Crippen LogP contribution is -2.43. The third kappa shape index (κ3) is 5.27. The molecule has 0 aliphatic heterocycles. The van der Waals surface area contributed by atoms with Crippen LogP contribution in [0.25, 0.3) is 0 Å². The zero-order valence-electron chi connectivity index (χ0n) is 14.5. The highest BCUT2D eigenvalue weighted by Crippen LogP contribution is 2.16. The summed E-state index contributed by atoms with van der Waals surface area (Å²) in [5.74, 6) is -0.346. The van der Waals surface area contributed by atoms with Crippen LogP contribution < -0.4 is 14.8 Å². The second kappa shape index (κ2) is 8.77. The minimum Gasteiger partial charge on any atom is -0.494 e. The fraction of sp³-hybridized carbons (Fsp3) is 0.278. The van der Waals surface area contributed by atoms with Gasteiger partial charge in [0.15, 0.2) is 0 Å². The molecule has 2 aromatic rings. The maximum Gasteiger partial charge on any atom is 0.242 e. The number of carbonyl (C=O) groups is 1. The Bertz CT molecular complexity index is 836. The van der Waals surface area contributed by atoms with Crippen LogP contribution in [0.3, 0.4) is 0 Å². The summed E-state index contributed by atoms with van der Waals surface area (Å²) in [5, 5.41) is 2.66. The van der Waals surface area contributed by atoms with Crippen LogP contribution in [0.2, 0.25) is 0 Å². The van der Waals surface area contributed by atoms with Crippen molar-refractivity contribution in [3.8, 4) is 5.75 Å². The van der Waals surface area contributed by atoms with Gasteiger partial charge >= 0.3 is 0 Å². The van der Waals surface area contributed by atoms with Crippen molar-refractivity contribution in [1.82, 2.24) is 4.72 Å². The molecule has 140 valence electrons. The second-order valence-electron chi connectivity index (χ2n) is 5.48. The molecule has 2 aromatic carbocycles. The largest absolute Gasteiger partial charge is 0.494 e. The van der Waals surface area contributed by atoms with E-state index in [1.807, 2.05) is 6.92 Å². The van der Waals surface area contributed by atoms with Gasteiger partial charge in [-0.25, -0.2) is 12.8 Å². The number of rotatable bonds is 8. The number of ether oxygens (including phenoxy) is 1. The van der Waals surface area contributed by atoms with Crippen molar-refractivity contribution < 1.29 is 22.3 Å². The Hall–Kier alpha value is -2.45. The molecular weight excluding hydrogens is 359 g/mol. The van der Waals surface area contributed by atoms with Gasteiger partial charge in [-0.05, 0) is 61.9 Å². The van der Waals surface area contributed by atoms with Crippen LogP contribution in [-0.2, 0) is 14.8 Å². The van der Waals surface area contributed by atoms with Gasteiger partial charge in [0, 0.05) is 5.69 Å². The molecule has 1 amide bonds. The SMILES string of the molecule is CCOc1ccc(NC(=O)C(CC)NS(=O)(=O)c2ccc(F)cc2)cc1. The molecule has 1 unspecified atom stereocenters. The van der Waals surface area contributed by atoms with Crippen molar-refractivity contribution in [3.05, 3.63) is 54.3 Å². The van der Waals surface area contributed by atoms with Crippen LogP contribution in [0.5, 0.6) is 5.75 Å². The number of sulfonamides is 1. The van der Waals surface area contributed by atoms with Crippen LogP contribution in [0.15, 0.2) is 53.4 Å².